The number of nitriles is 1. The molecular weight excluding hydrogens is 381 g/mol. The normalized spacial score (nSPS) is 21.6. The van der Waals surface area contributed by atoms with Crippen LogP contribution in [-0.2, 0) is 23.4 Å². The second-order valence-electron chi connectivity index (χ2n) is 7.26. The molecule has 1 aliphatic heterocycles. The van der Waals surface area contributed by atoms with Crippen molar-refractivity contribution in [2.45, 2.75) is 37.6 Å². The van der Waals surface area contributed by atoms with E-state index in [0.29, 0.717) is 29.0 Å². The molecule has 3 rings (SSSR count). The molecule has 148 valence electrons. The van der Waals surface area contributed by atoms with Crippen molar-refractivity contribution < 1.29 is 13.4 Å². The highest BCUT2D eigenvalue weighted by atomic mass is 32.2. The predicted molar refractivity (Wildman–Crippen MR) is 104 cm³/mol. The smallest absolute Gasteiger partial charge is 0.272 e. The summed E-state index contributed by atoms with van der Waals surface area (Å²) in [6, 6.07) is 5.40. The van der Waals surface area contributed by atoms with Crippen LogP contribution in [0.5, 0.6) is 0 Å². The van der Waals surface area contributed by atoms with Gasteiger partial charge in [-0.05, 0) is 37.0 Å². The Hall–Kier alpha value is -2.70. The molecule has 0 fully saturated rings. The molecule has 0 saturated carbocycles. The van der Waals surface area contributed by atoms with Gasteiger partial charge in [-0.1, -0.05) is 13.8 Å². The standard InChI is InChI=1S/C19H22FN5O2S/c1-11(2)16-7-5-14-17(28(22,27)24-16)10-25(3)18(14)19(26)23-13-4-6-15(20)12(8-13)9-21/h4,6,8,10-11,16H,5,7H2,1-3H3,(H,23,26)(H2,22,24,27)/t16-,28?/m0/s1. The van der Waals surface area contributed by atoms with E-state index in [1.807, 2.05) is 13.8 Å². The van der Waals surface area contributed by atoms with Gasteiger partial charge in [-0.25, -0.2) is 18.1 Å². The summed E-state index contributed by atoms with van der Waals surface area (Å²) in [7, 11) is -1.58. The summed E-state index contributed by atoms with van der Waals surface area (Å²) in [5.74, 6) is -0.921. The minimum atomic E-state index is -3.24. The number of hydrogen-bond acceptors (Lipinski definition) is 4. The van der Waals surface area contributed by atoms with Crippen LogP contribution in [0.1, 0.15) is 41.9 Å². The minimum absolute atomic E-state index is 0.0890. The van der Waals surface area contributed by atoms with Crippen molar-refractivity contribution in [3.63, 3.8) is 0 Å². The first-order valence-corrected chi connectivity index (χ1v) is 10.4. The van der Waals surface area contributed by atoms with Gasteiger partial charge in [-0.2, -0.15) is 5.26 Å². The molecule has 2 aromatic rings. The van der Waals surface area contributed by atoms with E-state index in [-0.39, 0.29) is 23.2 Å². The SMILES string of the molecule is CC(C)[C@@H]1CCc2c(cn(C)c2C(=O)Nc2ccc(F)c(C#N)c2)S(=N)(=O)N1. The van der Waals surface area contributed by atoms with Gasteiger partial charge in [-0.15, -0.1) is 0 Å². The molecule has 2 heterocycles. The predicted octanol–water partition coefficient (Wildman–Crippen LogP) is 3.17. The molecule has 0 radical (unpaired) electrons. The van der Waals surface area contributed by atoms with Gasteiger partial charge in [0.05, 0.1) is 10.5 Å². The monoisotopic (exact) mass is 403 g/mol. The summed E-state index contributed by atoms with van der Waals surface area (Å²) in [5.41, 5.74) is 1.01. The first-order chi connectivity index (χ1) is 13.1. The van der Waals surface area contributed by atoms with Crippen molar-refractivity contribution >= 4 is 21.5 Å². The number of fused-ring (bicyclic) bond motifs is 1. The maximum Gasteiger partial charge on any atom is 0.272 e. The molecule has 1 amide bonds. The maximum absolute atomic E-state index is 13.5. The number of amides is 1. The van der Waals surface area contributed by atoms with E-state index in [1.165, 1.54) is 12.1 Å². The van der Waals surface area contributed by atoms with Crippen molar-refractivity contribution in [2.24, 2.45) is 13.0 Å². The number of benzene rings is 1. The molecular formula is C19H22FN5O2S. The maximum atomic E-state index is 13.5. The van der Waals surface area contributed by atoms with E-state index in [4.69, 9.17) is 10.0 Å². The Morgan fingerprint density at radius 2 is 2.21 bits per heavy atom. The summed E-state index contributed by atoms with van der Waals surface area (Å²) < 4.78 is 39.3. The molecule has 1 aromatic carbocycles. The Morgan fingerprint density at radius 3 is 2.86 bits per heavy atom. The number of carbonyl (C=O) groups is 1. The molecule has 2 atom stereocenters. The van der Waals surface area contributed by atoms with Crippen LogP contribution in [0.3, 0.4) is 0 Å². The highest BCUT2D eigenvalue weighted by Crippen LogP contribution is 2.29. The molecule has 7 nitrogen and oxygen atoms in total. The van der Waals surface area contributed by atoms with Crippen LogP contribution in [0, 0.1) is 27.8 Å². The van der Waals surface area contributed by atoms with Gasteiger partial charge in [-0.3, -0.25) is 4.79 Å². The lowest BCUT2D eigenvalue weighted by Gasteiger charge is -2.20. The molecule has 28 heavy (non-hydrogen) atoms. The molecule has 9 heteroatoms. The number of nitrogens with zero attached hydrogens (tertiary/aromatic N) is 2. The quantitative estimate of drug-likeness (QED) is 0.732. The van der Waals surface area contributed by atoms with Crippen molar-refractivity contribution in [3.8, 4) is 6.07 Å². The number of aryl methyl sites for hydroxylation is 1. The lowest BCUT2D eigenvalue weighted by atomic mass is 9.97. The minimum Gasteiger partial charge on any atom is -0.345 e. The Balaban J connectivity index is 1.98. The molecule has 0 bridgehead atoms. The van der Waals surface area contributed by atoms with Gasteiger partial charge in [0, 0.05) is 30.5 Å². The number of carbonyl (C=O) groups excluding carboxylic acids is 1. The van der Waals surface area contributed by atoms with E-state index in [9.17, 15) is 13.4 Å². The summed E-state index contributed by atoms with van der Waals surface area (Å²) in [5, 5.41) is 11.6. The molecule has 0 aliphatic carbocycles. The lowest BCUT2D eigenvalue weighted by molar-refractivity contribution is 0.101. The number of halogens is 1. The Labute approximate surface area is 163 Å². The summed E-state index contributed by atoms with van der Waals surface area (Å²) in [6.45, 7) is 4.00. The van der Waals surface area contributed by atoms with Crippen molar-refractivity contribution in [1.29, 1.82) is 10.0 Å². The van der Waals surface area contributed by atoms with Gasteiger partial charge >= 0.3 is 0 Å². The molecule has 1 unspecified atom stereocenters. The molecule has 0 spiro atoms. The Morgan fingerprint density at radius 1 is 1.50 bits per heavy atom. The van der Waals surface area contributed by atoms with Crippen LogP contribution in [0.15, 0.2) is 29.3 Å². The first kappa shape index (κ1) is 20.0. The fraction of sp³-hybridized carbons (Fsp3) is 0.368. The van der Waals surface area contributed by atoms with Gasteiger partial charge in [0.25, 0.3) is 5.91 Å². The summed E-state index contributed by atoms with van der Waals surface area (Å²) in [4.78, 5) is 13.2. The number of anilines is 1. The van der Waals surface area contributed by atoms with Crippen LogP contribution < -0.4 is 10.0 Å². The zero-order valence-electron chi connectivity index (χ0n) is 15.9. The van der Waals surface area contributed by atoms with Crippen LogP contribution in [0.25, 0.3) is 0 Å². The van der Waals surface area contributed by atoms with E-state index in [0.717, 1.165) is 6.07 Å². The number of aromatic nitrogens is 1. The largest absolute Gasteiger partial charge is 0.345 e. The molecule has 3 N–H and O–H groups in total. The summed E-state index contributed by atoms with van der Waals surface area (Å²) >= 11 is 0. The van der Waals surface area contributed by atoms with Gasteiger partial charge in [0.15, 0.2) is 0 Å². The zero-order valence-corrected chi connectivity index (χ0v) is 16.7. The van der Waals surface area contributed by atoms with Crippen molar-refractivity contribution in [1.82, 2.24) is 9.29 Å². The van der Waals surface area contributed by atoms with Gasteiger partial charge in [0.1, 0.15) is 27.5 Å². The third-order valence-corrected chi connectivity index (χ3v) is 6.55. The Bertz CT molecular complexity index is 1080. The van der Waals surface area contributed by atoms with Gasteiger partial charge < -0.3 is 9.88 Å². The van der Waals surface area contributed by atoms with Crippen LogP contribution in [0.4, 0.5) is 10.1 Å². The number of rotatable bonds is 3. The van der Waals surface area contributed by atoms with Crippen LogP contribution in [-0.4, -0.2) is 20.7 Å². The van der Waals surface area contributed by atoms with Crippen LogP contribution >= 0.6 is 0 Å². The lowest BCUT2D eigenvalue weighted by Crippen LogP contribution is -2.36. The third kappa shape index (κ3) is 3.66. The zero-order chi connectivity index (χ0) is 20.6. The van der Waals surface area contributed by atoms with E-state index in [2.05, 4.69) is 10.0 Å². The highest BCUT2D eigenvalue weighted by Gasteiger charge is 2.31. The Kier molecular flexibility index (Phi) is 5.28. The fourth-order valence-electron chi connectivity index (χ4n) is 3.42. The van der Waals surface area contributed by atoms with Crippen molar-refractivity contribution in [3.05, 3.63) is 47.0 Å². The fourth-order valence-corrected chi connectivity index (χ4v) is 5.21. The molecule has 0 saturated heterocycles. The van der Waals surface area contributed by atoms with E-state index >= 15 is 0 Å². The van der Waals surface area contributed by atoms with Gasteiger partial charge in [0.2, 0.25) is 0 Å². The van der Waals surface area contributed by atoms with Crippen molar-refractivity contribution in [2.75, 3.05) is 5.32 Å². The molecule has 1 aliphatic rings. The third-order valence-electron chi connectivity index (χ3n) is 4.94. The second-order valence-corrected chi connectivity index (χ2v) is 9.04. The van der Waals surface area contributed by atoms with E-state index in [1.54, 1.807) is 23.9 Å². The summed E-state index contributed by atoms with van der Waals surface area (Å²) in [6.07, 6.45) is 2.72. The average molecular weight is 403 g/mol. The van der Waals surface area contributed by atoms with E-state index < -0.39 is 21.6 Å². The number of nitrogens with one attached hydrogen (secondary N) is 3. The van der Waals surface area contributed by atoms with Crippen LogP contribution in [0.2, 0.25) is 0 Å². The number of hydrogen-bond donors (Lipinski definition) is 3. The first-order valence-electron chi connectivity index (χ1n) is 8.89. The second kappa shape index (κ2) is 7.37. The highest BCUT2D eigenvalue weighted by molar-refractivity contribution is 7.90. The topological polar surface area (TPSA) is 111 Å². The average Bonchev–Trinajstić information content (AvgIpc) is 2.90. The molecule has 1 aromatic heterocycles.